The number of imidazole rings is 1. The van der Waals surface area contributed by atoms with Crippen LogP contribution in [0.5, 0.6) is 0 Å². The first-order chi connectivity index (χ1) is 16.8. The second kappa shape index (κ2) is 8.29. The summed E-state index contributed by atoms with van der Waals surface area (Å²) < 4.78 is 17.1. The van der Waals surface area contributed by atoms with Crippen molar-refractivity contribution < 1.29 is 4.39 Å². The summed E-state index contributed by atoms with van der Waals surface area (Å²) in [6.07, 6.45) is 6.90. The molecule has 184 valence electrons. The number of halogens is 1. The molecule has 2 fully saturated rings. The first kappa shape index (κ1) is 22.5. The highest BCUT2D eigenvalue weighted by molar-refractivity contribution is 5.86. The van der Waals surface area contributed by atoms with Gasteiger partial charge in [-0.3, -0.25) is 9.47 Å². The van der Waals surface area contributed by atoms with Gasteiger partial charge in [-0.1, -0.05) is 13.8 Å². The van der Waals surface area contributed by atoms with E-state index >= 15 is 0 Å². The van der Waals surface area contributed by atoms with Crippen molar-refractivity contribution in [1.29, 1.82) is 0 Å². The molecule has 0 bridgehead atoms. The topological polar surface area (TPSA) is 71.2 Å². The second-order valence-electron chi connectivity index (χ2n) is 10.7. The van der Waals surface area contributed by atoms with Crippen molar-refractivity contribution in [3.05, 3.63) is 51.8 Å². The van der Waals surface area contributed by atoms with Gasteiger partial charge in [-0.2, -0.15) is 5.10 Å². The molecule has 1 aliphatic carbocycles. The molecule has 0 atom stereocenters. The summed E-state index contributed by atoms with van der Waals surface area (Å²) in [6, 6.07) is 4.98. The highest BCUT2D eigenvalue weighted by Crippen LogP contribution is 2.38. The van der Waals surface area contributed by atoms with E-state index in [-0.39, 0.29) is 17.6 Å². The van der Waals surface area contributed by atoms with E-state index in [1.54, 1.807) is 6.33 Å². The van der Waals surface area contributed by atoms with E-state index < -0.39 is 6.17 Å². The van der Waals surface area contributed by atoms with Gasteiger partial charge < -0.3 is 4.98 Å². The molecule has 3 aromatic heterocycles. The number of benzene rings is 1. The Bertz CT molecular complexity index is 1470. The van der Waals surface area contributed by atoms with Crippen molar-refractivity contribution in [2.75, 3.05) is 13.1 Å². The Morgan fingerprint density at radius 1 is 1.03 bits per heavy atom. The van der Waals surface area contributed by atoms with Gasteiger partial charge in [-0.15, -0.1) is 0 Å². The molecular formula is C27H33FN6O. The van der Waals surface area contributed by atoms with Gasteiger partial charge in [0.25, 0.3) is 0 Å². The Morgan fingerprint density at radius 3 is 2.43 bits per heavy atom. The third-order valence-electron chi connectivity index (χ3n) is 8.34. The number of nitrogens with zero attached hydrogens (tertiary/aromatic N) is 5. The molecule has 1 aromatic carbocycles. The number of aromatic amines is 1. The maximum Gasteiger partial charge on any atom is 0.326 e. The predicted molar refractivity (Wildman–Crippen MR) is 136 cm³/mol. The van der Waals surface area contributed by atoms with Gasteiger partial charge in [-0.25, -0.2) is 18.7 Å². The van der Waals surface area contributed by atoms with Crippen LogP contribution in [0.3, 0.4) is 0 Å². The van der Waals surface area contributed by atoms with E-state index in [0.717, 1.165) is 59.1 Å². The Labute approximate surface area is 204 Å². The van der Waals surface area contributed by atoms with Crippen molar-refractivity contribution in [1.82, 2.24) is 29.0 Å². The molecule has 0 spiro atoms. The molecule has 0 radical (unpaired) electrons. The molecule has 35 heavy (non-hydrogen) atoms. The van der Waals surface area contributed by atoms with Crippen molar-refractivity contribution >= 4 is 16.7 Å². The minimum Gasteiger partial charge on any atom is -0.306 e. The van der Waals surface area contributed by atoms with Crippen LogP contribution in [0.4, 0.5) is 4.39 Å². The number of aromatic nitrogens is 5. The number of hydrogen-bond acceptors (Lipinski definition) is 4. The van der Waals surface area contributed by atoms with Gasteiger partial charge in [-0.05, 0) is 79.8 Å². The molecule has 0 unspecified atom stereocenters. The number of alkyl halides is 1. The molecule has 6 rings (SSSR count). The molecule has 1 saturated heterocycles. The summed E-state index contributed by atoms with van der Waals surface area (Å²) in [5.74, 6) is 0.287. The Hall–Kier alpha value is -3.00. The molecule has 0 amide bonds. The summed E-state index contributed by atoms with van der Waals surface area (Å²) in [7, 11) is 0. The Kier molecular flexibility index (Phi) is 5.32. The van der Waals surface area contributed by atoms with Crippen LogP contribution in [0.1, 0.15) is 68.2 Å². The zero-order chi connectivity index (χ0) is 24.4. The summed E-state index contributed by atoms with van der Waals surface area (Å²) in [5.41, 5.74) is 8.42. The van der Waals surface area contributed by atoms with Crippen molar-refractivity contribution in [3.8, 4) is 11.1 Å². The minimum absolute atomic E-state index is 0.0392. The fourth-order valence-electron chi connectivity index (χ4n) is 6.17. The van der Waals surface area contributed by atoms with E-state index in [0.29, 0.717) is 19.1 Å². The number of likely N-dealkylation sites (tertiary alicyclic amines) is 1. The summed E-state index contributed by atoms with van der Waals surface area (Å²) in [5, 5.41) is 4.38. The van der Waals surface area contributed by atoms with Crippen molar-refractivity contribution in [3.63, 3.8) is 0 Å². The van der Waals surface area contributed by atoms with Crippen LogP contribution in [0.15, 0.2) is 29.5 Å². The molecule has 1 saturated carbocycles. The Morgan fingerprint density at radius 2 is 1.74 bits per heavy atom. The van der Waals surface area contributed by atoms with Gasteiger partial charge in [0.15, 0.2) is 5.65 Å². The first-order valence-electron chi connectivity index (χ1n) is 12.8. The van der Waals surface area contributed by atoms with E-state index in [1.165, 1.54) is 11.1 Å². The molecular weight excluding hydrogens is 443 g/mol. The molecule has 4 heterocycles. The van der Waals surface area contributed by atoms with Gasteiger partial charge >= 0.3 is 5.69 Å². The molecule has 8 heteroatoms. The standard InChI is InChI=1S/C27H33FN6O/c1-15(2)21-10-25-24(9-22(21)23-13-33-26(29-14-30-33)17(4)16(23)3)31-27(35)34(25)20-7-5-19(6-8-20)32-11-18(28)12-32/h9-10,13-15,18-20H,5-8,11-12H2,1-4H3,(H,31,35). The van der Waals surface area contributed by atoms with Crippen LogP contribution in [-0.2, 0) is 0 Å². The number of H-pyrrole nitrogens is 1. The van der Waals surface area contributed by atoms with E-state index in [1.807, 2.05) is 15.3 Å². The summed E-state index contributed by atoms with van der Waals surface area (Å²) in [6.45, 7) is 9.76. The molecule has 2 aliphatic rings. The lowest BCUT2D eigenvalue weighted by Crippen LogP contribution is -2.54. The van der Waals surface area contributed by atoms with Crippen LogP contribution in [0, 0.1) is 13.8 Å². The largest absolute Gasteiger partial charge is 0.326 e. The molecule has 1 aliphatic heterocycles. The zero-order valence-corrected chi connectivity index (χ0v) is 20.9. The van der Waals surface area contributed by atoms with E-state index in [4.69, 9.17) is 0 Å². The third kappa shape index (κ3) is 3.61. The number of aryl methyl sites for hydroxylation is 1. The van der Waals surface area contributed by atoms with Gasteiger partial charge in [0.1, 0.15) is 12.5 Å². The van der Waals surface area contributed by atoms with Crippen LogP contribution < -0.4 is 5.69 Å². The van der Waals surface area contributed by atoms with E-state index in [9.17, 15) is 9.18 Å². The number of hydrogen-bond donors (Lipinski definition) is 1. The zero-order valence-electron chi connectivity index (χ0n) is 20.9. The van der Waals surface area contributed by atoms with Crippen LogP contribution in [-0.4, -0.2) is 54.4 Å². The van der Waals surface area contributed by atoms with Crippen molar-refractivity contribution in [2.24, 2.45) is 0 Å². The summed E-state index contributed by atoms with van der Waals surface area (Å²) >= 11 is 0. The summed E-state index contributed by atoms with van der Waals surface area (Å²) in [4.78, 5) is 23.0. The van der Waals surface area contributed by atoms with Crippen LogP contribution in [0.2, 0.25) is 0 Å². The highest BCUT2D eigenvalue weighted by atomic mass is 19.1. The van der Waals surface area contributed by atoms with Gasteiger partial charge in [0.05, 0.1) is 11.0 Å². The number of fused-ring (bicyclic) bond motifs is 2. The maximum atomic E-state index is 13.3. The number of rotatable bonds is 4. The lowest BCUT2D eigenvalue weighted by molar-refractivity contribution is 0.00917. The Balaban J connectivity index is 1.41. The lowest BCUT2D eigenvalue weighted by atomic mass is 9.87. The third-order valence-corrected chi connectivity index (χ3v) is 8.34. The monoisotopic (exact) mass is 476 g/mol. The maximum absolute atomic E-state index is 13.3. The fourth-order valence-corrected chi connectivity index (χ4v) is 6.17. The molecule has 4 aromatic rings. The average molecular weight is 477 g/mol. The predicted octanol–water partition coefficient (Wildman–Crippen LogP) is 4.92. The fraction of sp³-hybridized carbons (Fsp3) is 0.519. The first-order valence-corrected chi connectivity index (χ1v) is 12.8. The SMILES string of the molecule is Cc1c(-c2cc3[nH]c(=O)n(C4CCC(N5CC(F)C5)CC4)c3cc2C(C)C)cn2ncnc2c1C. The molecule has 7 nitrogen and oxygen atoms in total. The normalized spacial score (nSPS) is 21.9. The van der Waals surface area contributed by atoms with Crippen molar-refractivity contribution in [2.45, 2.75) is 77.6 Å². The highest BCUT2D eigenvalue weighted by Gasteiger charge is 2.35. The second-order valence-corrected chi connectivity index (χ2v) is 10.7. The van der Waals surface area contributed by atoms with Gasteiger partial charge in [0, 0.05) is 36.9 Å². The number of nitrogens with one attached hydrogen (secondary N) is 1. The molecule has 1 N–H and O–H groups in total. The quantitative estimate of drug-likeness (QED) is 0.454. The average Bonchev–Trinajstić information content (AvgIpc) is 3.42. The van der Waals surface area contributed by atoms with Gasteiger partial charge in [0.2, 0.25) is 0 Å². The lowest BCUT2D eigenvalue weighted by Gasteiger charge is -2.43. The van der Waals surface area contributed by atoms with Crippen LogP contribution in [0.25, 0.3) is 27.8 Å². The van der Waals surface area contributed by atoms with E-state index in [2.05, 4.69) is 59.8 Å². The van der Waals surface area contributed by atoms with Crippen LogP contribution >= 0.6 is 0 Å². The minimum atomic E-state index is -0.662. The number of pyridine rings is 1. The smallest absolute Gasteiger partial charge is 0.306 e.